The van der Waals surface area contributed by atoms with Crippen LogP contribution in [-0.4, -0.2) is 34.0 Å². The summed E-state index contributed by atoms with van der Waals surface area (Å²) in [4.78, 5) is 16.4. The van der Waals surface area contributed by atoms with Crippen LogP contribution in [0.1, 0.15) is 24.8 Å². The summed E-state index contributed by atoms with van der Waals surface area (Å²) in [5.74, 6) is -0.159. The number of benzene rings is 1. The standard InChI is InChI=1S/C16H19BrN2O2/c17-13-2-3-15-14(7-13)12(8-18-15)10-19-6-5-11(9-19)1-4-16(20)21/h2-3,7-8,11,18H,1,4-6,9-10H2,(H,20,21). The van der Waals surface area contributed by atoms with Crippen molar-refractivity contribution in [3.8, 4) is 0 Å². The quantitative estimate of drug-likeness (QED) is 0.865. The smallest absolute Gasteiger partial charge is 0.303 e. The molecule has 0 amide bonds. The Hall–Kier alpha value is -1.33. The molecular formula is C16H19BrN2O2. The number of carboxylic acid groups (broad SMARTS) is 1. The van der Waals surface area contributed by atoms with E-state index in [9.17, 15) is 4.79 Å². The minimum Gasteiger partial charge on any atom is -0.481 e. The Kier molecular flexibility index (Phi) is 4.31. The van der Waals surface area contributed by atoms with Crippen LogP contribution < -0.4 is 0 Å². The van der Waals surface area contributed by atoms with Crippen molar-refractivity contribution in [1.82, 2.24) is 9.88 Å². The predicted octanol–water partition coefficient (Wildman–Crippen LogP) is 3.62. The van der Waals surface area contributed by atoms with E-state index in [-0.39, 0.29) is 0 Å². The van der Waals surface area contributed by atoms with Gasteiger partial charge in [0.25, 0.3) is 0 Å². The van der Waals surface area contributed by atoms with E-state index in [1.54, 1.807) is 0 Å². The van der Waals surface area contributed by atoms with Crippen LogP contribution in [0.25, 0.3) is 10.9 Å². The van der Waals surface area contributed by atoms with Gasteiger partial charge in [0.2, 0.25) is 0 Å². The largest absolute Gasteiger partial charge is 0.481 e. The topological polar surface area (TPSA) is 56.3 Å². The summed E-state index contributed by atoms with van der Waals surface area (Å²) in [6, 6.07) is 6.28. The van der Waals surface area contributed by atoms with Gasteiger partial charge in [0.15, 0.2) is 0 Å². The Morgan fingerprint density at radius 2 is 2.33 bits per heavy atom. The average molecular weight is 351 g/mol. The van der Waals surface area contributed by atoms with Gasteiger partial charge in [0, 0.05) is 41.1 Å². The summed E-state index contributed by atoms with van der Waals surface area (Å²) in [7, 11) is 0. The van der Waals surface area contributed by atoms with Crippen LogP contribution in [0, 0.1) is 5.92 Å². The molecule has 21 heavy (non-hydrogen) atoms. The van der Waals surface area contributed by atoms with Crippen LogP contribution in [0.4, 0.5) is 0 Å². The number of carboxylic acids is 1. The second-order valence-electron chi connectivity index (χ2n) is 5.83. The van der Waals surface area contributed by atoms with E-state index < -0.39 is 5.97 Å². The van der Waals surface area contributed by atoms with E-state index in [2.05, 4.69) is 44.1 Å². The molecule has 0 bridgehead atoms. The van der Waals surface area contributed by atoms with Gasteiger partial charge in [-0.25, -0.2) is 0 Å². The molecule has 0 radical (unpaired) electrons. The fraction of sp³-hybridized carbons (Fsp3) is 0.438. The first kappa shape index (κ1) is 14.6. The normalized spacial score (nSPS) is 19.4. The molecule has 1 aliphatic heterocycles. The maximum atomic E-state index is 10.7. The molecule has 1 aliphatic rings. The number of hydrogen-bond donors (Lipinski definition) is 2. The van der Waals surface area contributed by atoms with Crippen LogP contribution >= 0.6 is 15.9 Å². The lowest BCUT2D eigenvalue weighted by molar-refractivity contribution is -0.137. The third-order valence-corrected chi connectivity index (χ3v) is 4.75. The van der Waals surface area contributed by atoms with Gasteiger partial charge in [-0.1, -0.05) is 15.9 Å². The first-order valence-corrected chi connectivity index (χ1v) is 8.11. The highest BCUT2D eigenvalue weighted by Gasteiger charge is 2.23. The summed E-state index contributed by atoms with van der Waals surface area (Å²) >= 11 is 3.52. The molecule has 3 rings (SSSR count). The molecule has 0 aliphatic carbocycles. The van der Waals surface area contributed by atoms with Crippen molar-refractivity contribution in [2.24, 2.45) is 5.92 Å². The highest BCUT2D eigenvalue weighted by molar-refractivity contribution is 9.10. The highest BCUT2D eigenvalue weighted by Crippen LogP contribution is 2.27. The molecule has 2 heterocycles. The number of H-pyrrole nitrogens is 1. The summed E-state index contributed by atoms with van der Waals surface area (Å²) in [6.45, 7) is 3.00. The van der Waals surface area contributed by atoms with Crippen molar-refractivity contribution in [3.05, 3.63) is 34.4 Å². The number of nitrogens with one attached hydrogen (secondary N) is 1. The van der Waals surface area contributed by atoms with Gasteiger partial charge in [-0.2, -0.15) is 0 Å². The van der Waals surface area contributed by atoms with Crippen LogP contribution in [0.5, 0.6) is 0 Å². The molecule has 1 aromatic heterocycles. The molecule has 0 spiro atoms. The zero-order chi connectivity index (χ0) is 14.8. The molecule has 5 heteroatoms. The Morgan fingerprint density at radius 3 is 3.14 bits per heavy atom. The minimum absolute atomic E-state index is 0.290. The number of fused-ring (bicyclic) bond motifs is 1. The van der Waals surface area contributed by atoms with Crippen molar-refractivity contribution in [2.75, 3.05) is 13.1 Å². The van der Waals surface area contributed by atoms with Crippen molar-refractivity contribution < 1.29 is 9.90 Å². The molecule has 1 fully saturated rings. The number of likely N-dealkylation sites (tertiary alicyclic amines) is 1. The zero-order valence-corrected chi connectivity index (χ0v) is 13.4. The number of nitrogens with zero attached hydrogens (tertiary/aromatic N) is 1. The van der Waals surface area contributed by atoms with Gasteiger partial charge >= 0.3 is 5.97 Å². The lowest BCUT2D eigenvalue weighted by Gasteiger charge is -2.15. The molecule has 1 atom stereocenters. The van der Waals surface area contributed by atoms with Crippen molar-refractivity contribution in [2.45, 2.75) is 25.8 Å². The van der Waals surface area contributed by atoms with Gasteiger partial charge in [-0.3, -0.25) is 9.69 Å². The molecule has 1 aromatic carbocycles. The number of carbonyl (C=O) groups is 1. The molecule has 2 aromatic rings. The maximum Gasteiger partial charge on any atom is 0.303 e. The third-order valence-electron chi connectivity index (χ3n) is 4.26. The molecule has 1 saturated heterocycles. The molecule has 0 saturated carbocycles. The SMILES string of the molecule is O=C(O)CCC1CCN(Cc2c[nH]c3ccc(Br)cc23)C1. The molecule has 2 N–H and O–H groups in total. The van der Waals surface area contributed by atoms with E-state index in [0.717, 1.165) is 42.5 Å². The molecule has 4 nitrogen and oxygen atoms in total. The van der Waals surface area contributed by atoms with E-state index >= 15 is 0 Å². The third kappa shape index (κ3) is 3.47. The van der Waals surface area contributed by atoms with Crippen LogP contribution in [0.2, 0.25) is 0 Å². The Labute approximate surface area is 132 Å². The molecule has 1 unspecified atom stereocenters. The first-order valence-electron chi connectivity index (χ1n) is 7.31. The predicted molar refractivity (Wildman–Crippen MR) is 86.3 cm³/mol. The number of rotatable bonds is 5. The second-order valence-corrected chi connectivity index (χ2v) is 6.74. The van der Waals surface area contributed by atoms with Gasteiger partial charge in [0.1, 0.15) is 0 Å². The number of aromatic amines is 1. The number of hydrogen-bond acceptors (Lipinski definition) is 2. The summed E-state index contributed by atoms with van der Waals surface area (Å²) in [5.41, 5.74) is 2.47. The zero-order valence-electron chi connectivity index (χ0n) is 11.8. The van der Waals surface area contributed by atoms with Gasteiger partial charge < -0.3 is 10.1 Å². The van der Waals surface area contributed by atoms with Crippen LogP contribution in [0.15, 0.2) is 28.9 Å². The number of aliphatic carboxylic acids is 1. The van der Waals surface area contributed by atoms with Crippen molar-refractivity contribution in [1.29, 1.82) is 0 Å². The maximum absolute atomic E-state index is 10.7. The van der Waals surface area contributed by atoms with Crippen LogP contribution in [0.3, 0.4) is 0 Å². The Morgan fingerprint density at radius 1 is 1.48 bits per heavy atom. The van der Waals surface area contributed by atoms with Crippen molar-refractivity contribution >= 4 is 32.8 Å². The first-order chi connectivity index (χ1) is 10.1. The molecular weight excluding hydrogens is 332 g/mol. The van der Waals surface area contributed by atoms with Crippen molar-refractivity contribution in [3.63, 3.8) is 0 Å². The Balaban J connectivity index is 1.64. The van der Waals surface area contributed by atoms with E-state index in [0.29, 0.717) is 12.3 Å². The van der Waals surface area contributed by atoms with Gasteiger partial charge in [-0.05, 0) is 49.1 Å². The lowest BCUT2D eigenvalue weighted by atomic mass is 10.0. The van der Waals surface area contributed by atoms with Gasteiger partial charge in [0.05, 0.1) is 0 Å². The van der Waals surface area contributed by atoms with E-state index in [4.69, 9.17) is 5.11 Å². The van der Waals surface area contributed by atoms with Crippen LogP contribution in [-0.2, 0) is 11.3 Å². The van der Waals surface area contributed by atoms with E-state index in [1.807, 2.05) is 6.07 Å². The minimum atomic E-state index is -0.685. The number of halogens is 1. The van der Waals surface area contributed by atoms with E-state index in [1.165, 1.54) is 10.9 Å². The molecule has 112 valence electrons. The summed E-state index contributed by atoms with van der Waals surface area (Å²) in [5, 5.41) is 10.0. The Bertz CT molecular complexity index is 653. The lowest BCUT2D eigenvalue weighted by Crippen LogP contribution is -2.20. The summed E-state index contributed by atoms with van der Waals surface area (Å²) in [6.07, 6.45) is 4.28. The average Bonchev–Trinajstić information content (AvgIpc) is 3.05. The number of aromatic nitrogens is 1. The summed E-state index contributed by atoms with van der Waals surface area (Å²) < 4.78 is 1.09. The highest BCUT2D eigenvalue weighted by atomic mass is 79.9. The fourth-order valence-electron chi connectivity index (χ4n) is 3.14. The van der Waals surface area contributed by atoms with Gasteiger partial charge in [-0.15, -0.1) is 0 Å². The fourth-order valence-corrected chi connectivity index (χ4v) is 3.50. The second kappa shape index (κ2) is 6.20. The monoisotopic (exact) mass is 350 g/mol.